The minimum atomic E-state index is -0.582. The first-order valence-electron chi connectivity index (χ1n) is 17.8. The molecule has 2 aliphatic rings. The first-order chi connectivity index (χ1) is 25.8. The standard InChI is InChI=1S/2C25H18P.Fe/c2*1-2-11-20(12-3-1)26(21-13-5-6-14-21)25-18-19-10-4-7-15-22(19)23-16-8-9-17-24(23)25;/h2*1-18H;/q;;+2/t2*26-;/m00./s1. The fourth-order valence-electron chi connectivity index (χ4n) is 7.47. The second-order valence-corrected chi connectivity index (χ2v) is 17.3. The molecule has 53 heavy (non-hydrogen) atoms. The molecule has 2 atom stereocenters. The van der Waals surface area contributed by atoms with Crippen molar-refractivity contribution < 1.29 is 17.1 Å². The molecule has 252 valence electrons. The Morgan fingerprint density at radius 2 is 0.585 bits per heavy atom. The third-order valence-corrected chi connectivity index (χ3v) is 14.8. The zero-order chi connectivity index (χ0) is 34.7. The van der Waals surface area contributed by atoms with Crippen LogP contribution in [-0.2, 0) is 17.1 Å². The van der Waals surface area contributed by atoms with Gasteiger partial charge < -0.3 is 0 Å². The number of benzene rings is 8. The average molecular weight is 755 g/mol. The van der Waals surface area contributed by atoms with Crippen LogP contribution < -0.4 is 21.2 Å². The molecular weight excluding hydrogens is 718 g/mol. The van der Waals surface area contributed by atoms with Crippen LogP contribution in [0.1, 0.15) is 0 Å². The van der Waals surface area contributed by atoms with Crippen molar-refractivity contribution in [3.63, 3.8) is 0 Å². The third-order valence-electron chi connectivity index (χ3n) is 9.81. The Labute approximate surface area is 328 Å². The summed E-state index contributed by atoms with van der Waals surface area (Å²) >= 11 is 0. The summed E-state index contributed by atoms with van der Waals surface area (Å²) in [7, 11) is -1.16. The van der Waals surface area contributed by atoms with Gasteiger partial charge in [-0.25, -0.2) is 0 Å². The van der Waals surface area contributed by atoms with Gasteiger partial charge in [0.2, 0.25) is 0 Å². The van der Waals surface area contributed by atoms with Gasteiger partial charge in [0, 0.05) is 11.3 Å². The minimum Gasteiger partial charge on any atom is -0.0622 e. The van der Waals surface area contributed by atoms with E-state index in [-0.39, 0.29) is 17.1 Å². The summed E-state index contributed by atoms with van der Waals surface area (Å²) < 4.78 is 0. The van der Waals surface area contributed by atoms with Gasteiger partial charge in [-0.2, -0.15) is 0 Å². The number of rotatable bonds is 6. The maximum Gasteiger partial charge on any atom is 2.00 e. The van der Waals surface area contributed by atoms with E-state index in [0.29, 0.717) is 0 Å². The van der Waals surface area contributed by atoms with Crippen molar-refractivity contribution >= 4 is 80.2 Å². The van der Waals surface area contributed by atoms with Crippen molar-refractivity contribution in [3.05, 3.63) is 233 Å². The van der Waals surface area contributed by atoms with Crippen LogP contribution in [0.25, 0.3) is 43.1 Å². The molecular formula is C50H36FeP2+2. The van der Waals surface area contributed by atoms with E-state index in [2.05, 4.69) is 221 Å². The van der Waals surface area contributed by atoms with E-state index in [1.165, 1.54) is 75.6 Å². The van der Waals surface area contributed by atoms with Crippen molar-refractivity contribution in [2.75, 3.05) is 0 Å². The molecule has 10 radical (unpaired) electrons. The molecule has 0 heterocycles. The summed E-state index contributed by atoms with van der Waals surface area (Å²) in [5.74, 6) is 0. The Hall–Kier alpha value is -3.82. The van der Waals surface area contributed by atoms with Gasteiger partial charge in [0.25, 0.3) is 0 Å². The molecule has 0 aliphatic heterocycles. The summed E-state index contributed by atoms with van der Waals surface area (Å²) in [5, 5.41) is 16.4. The van der Waals surface area contributed by atoms with Gasteiger partial charge in [-0.05, 0) is 144 Å². The Morgan fingerprint density at radius 1 is 0.283 bits per heavy atom. The second kappa shape index (κ2) is 16.7. The Morgan fingerprint density at radius 3 is 0.962 bits per heavy atom. The molecule has 8 aromatic rings. The summed E-state index contributed by atoms with van der Waals surface area (Å²) in [6.07, 6.45) is 17.7. The molecule has 0 bridgehead atoms. The van der Waals surface area contributed by atoms with E-state index in [1.807, 2.05) is 0 Å². The molecule has 0 saturated heterocycles. The third kappa shape index (κ3) is 7.36. The van der Waals surface area contributed by atoms with Gasteiger partial charge in [-0.15, -0.1) is 0 Å². The molecule has 2 fully saturated rings. The largest absolute Gasteiger partial charge is 2.00 e. The summed E-state index contributed by atoms with van der Waals surface area (Å²) in [4.78, 5) is 0. The van der Waals surface area contributed by atoms with E-state index in [4.69, 9.17) is 0 Å². The molecule has 0 spiro atoms. The van der Waals surface area contributed by atoms with Crippen LogP contribution in [0.4, 0.5) is 0 Å². The Balaban J connectivity index is 0.000000148. The topological polar surface area (TPSA) is 0 Å². The van der Waals surface area contributed by atoms with Crippen LogP contribution in [0, 0.1) is 62.7 Å². The van der Waals surface area contributed by atoms with E-state index in [0.717, 1.165) is 0 Å². The van der Waals surface area contributed by atoms with Gasteiger partial charge in [-0.3, -0.25) is 0 Å². The molecule has 2 aliphatic carbocycles. The predicted octanol–water partition coefficient (Wildman–Crippen LogP) is 11.6. The Bertz CT molecular complexity index is 2270. The van der Waals surface area contributed by atoms with Crippen molar-refractivity contribution in [1.29, 1.82) is 0 Å². The fourth-order valence-corrected chi connectivity index (χ4v) is 12.5. The number of hydrogen-bond acceptors (Lipinski definition) is 0. The quantitative estimate of drug-likeness (QED) is 0.0901. The van der Waals surface area contributed by atoms with E-state index < -0.39 is 15.8 Å². The van der Waals surface area contributed by atoms with E-state index in [1.54, 1.807) is 0 Å². The molecule has 3 heteroatoms. The minimum absolute atomic E-state index is 0. The number of fused-ring (bicyclic) bond motifs is 6. The molecule has 2 saturated carbocycles. The average Bonchev–Trinajstić information content (AvgIpc) is 3.96. The van der Waals surface area contributed by atoms with Crippen LogP contribution in [0.3, 0.4) is 0 Å². The zero-order valence-electron chi connectivity index (χ0n) is 29.0. The number of hydrogen-bond donors (Lipinski definition) is 0. The van der Waals surface area contributed by atoms with E-state index in [9.17, 15) is 0 Å². The van der Waals surface area contributed by atoms with Crippen molar-refractivity contribution in [2.24, 2.45) is 0 Å². The van der Waals surface area contributed by atoms with Crippen LogP contribution in [0.2, 0.25) is 0 Å². The normalized spacial score (nSPS) is 16.0. The predicted molar refractivity (Wildman–Crippen MR) is 229 cm³/mol. The second-order valence-electron chi connectivity index (χ2n) is 13.0. The maximum atomic E-state index is 2.41. The van der Waals surface area contributed by atoms with Gasteiger partial charge in [0.15, 0.2) is 0 Å². The van der Waals surface area contributed by atoms with Crippen LogP contribution in [-0.4, -0.2) is 0 Å². The van der Waals surface area contributed by atoms with Crippen LogP contribution in [0.15, 0.2) is 170 Å². The van der Waals surface area contributed by atoms with Crippen molar-refractivity contribution in [3.8, 4) is 0 Å². The molecule has 0 aromatic heterocycles. The van der Waals surface area contributed by atoms with Gasteiger partial charge in [-0.1, -0.05) is 158 Å². The van der Waals surface area contributed by atoms with Gasteiger partial charge in [0.1, 0.15) is 0 Å². The zero-order valence-corrected chi connectivity index (χ0v) is 31.9. The van der Waals surface area contributed by atoms with Crippen LogP contribution >= 0.6 is 15.8 Å². The first kappa shape index (κ1) is 36.2. The summed E-state index contributed by atoms with van der Waals surface area (Å²) in [6, 6.07) is 61.8. The Kier molecular flexibility index (Phi) is 11.4. The first-order valence-corrected chi connectivity index (χ1v) is 20.5. The van der Waals surface area contributed by atoms with Gasteiger partial charge >= 0.3 is 17.1 Å². The molecule has 0 N–H and O–H groups in total. The summed E-state index contributed by atoms with van der Waals surface area (Å²) in [5.41, 5.74) is 2.82. The molecule has 10 rings (SSSR count). The SMILES string of the molecule is [CH]1[CH][CH][C]([P@](c2ccccc2)c2cc3ccccc3c3ccccc23)[CH]1.[CH]1[CH][CH][C]([P@](c2ccccc2)c2cc3ccccc3c3ccccc23)[CH]1.[Fe+2]. The summed E-state index contributed by atoms with van der Waals surface area (Å²) in [6.45, 7) is 0. The maximum absolute atomic E-state index is 2.41. The molecule has 8 aromatic carbocycles. The van der Waals surface area contributed by atoms with Crippen molar-refractivity contribution in [2.45, 2.75) is 0 Å². The smallest absolute Gasteiger partial charge is 0.0622 e. The van der Waals surface area contributed by atoms with Crippen molar-refractivity contribution in [1.82, 2.24) is 0 Å². The van der Waals surface area contributed by atoms with Gasteiger partial charge in [0.05, 0.1) is 0 Å². The monoisotopic (exact) mass is 754 g/mol. The molecule has 0 unspecified atom stereocenters. The van der Waals surface area contributed by atoms with Crippen LogP contribution in [0.5, 0.6) is 0 Å². The molecule has 0 nitrogen and oxygen atoms in total. The van der Waals surface area contributed by atoms with E-state index >= 15 is 0 Å². The fraction of sp³-hybridized carbons (Fsp3) is 0. The molecule has 0 amide bonds.